The van der Waals surface area contributed by atoms with Crippen LogP contribution in [0.4, 0.5) is 11.5 Å². The fourth-order valence-electron chi connectivity index (χ4n) is 2.31. The quantitative estimate of drug-likeness (QED) is 0.691. The second-order valence-corrected chi connectivity index (χ2v) is 6.47. The smallest absolute Gasteiger partial charge is 0.276 e. The van der Waals surface area contributed by atoms with Gasteiger partial charge in [0, 0.05) is 17.3 Å². The second kappa shape index (κ2) is 7.97. The summed E-state index contributed by atoms with van der Waals surface area (Å²) in [5.74, 6) is 0.281. The summed E-state index contributed by atoms with van der Waals surface area (Å²) in [5.41, 5.74) is 4.18. The van der Waals surface area contributed by atoms with Crippen molar-refractivity contribution in [1.29, 1.82) is 0 Å². The first kappa shape index (κ1) is 17.9. The predicted octanol–water partition coefficient (Wildman–Crippen LogP) is 4.61. The third kappa shape index (κ3) is 4.58. The molecule has 2 aromatic carbocycles. The standard InChI is InChI=1S/C20H19ClN4O/c1-13-3-6-15(7-4-13)12-22-19-10-9-18(24-25-19)20(26)23-16-8-5-14(2)17(21)11-16/h3-11H,12H2,1-2H3,(H,22,25)(H,23,26). The summed E-state index contributed by atoms with van der Waals surface area (Å²) < 4.78 is 0. The van der Waals surface area contributed by atoms with E-state index in [0.29, 0.717) is 23.1 Å². The highest BCUT2D eigenvalue weighted by Crippen LogP contribution is 2.20. The van der Waals surface area contributed by atoms with Gasteiger partial charge in [-0.05, 0) is 49.2 Å². The monoisotopic (exact) mass is 366 g/mol. The molecule has 6 heteroatoms. The molecule has 1 heterocycles. The van der Waals surface area contributed by atoms with Crippen LogP contribution in [0.3, 0.4) is 0 Å². The molecule has 0 saturated heterocycles. The largest absolute Gasteiger partial charge is 0.365 e. The molecule has 0 aliphatic carbocycles. The van der Waals surface area contributed by atoms with E-state index in [1.807, 2.05) is 13.0 Å². The van der Waals surface area contributed by atoms with Crippen LogP contribution in [-0.4, -0.2) is 16.1 Å². The number of nitrogens with zero attached hydrogens (tertiary/aromatic N) is 2. The number of aromatic nitrogens is 2. The summed E-state index contributed by atoms with van der Waals surface area (Å²) in [7, 11) is 0. The van der Waals surface area contributed by atoms with Crippen molar-refractivity contribution in [2.75, 3.05) is 10.6 Å². The van der Waals surface area contributed by atoms with Gasteiger partial charge in [0.05, 0.1) is 0 Å². The van der Waals surface area contributed by atoms with Crippen LogP contribution in [0.2, 0.25) is 5.02 Å². The highest BCUT2D eigenvalue weighted by molar-refractivity contribution is 6.31. The van der Waals surface area contributed by atoms with E-state index in [-0.39, 0.29) is 11.6 Å². The van der Waals surface area contributed by atoms with Gasteiger partial charge in [-0.3, -0.25) is 4.79 Å². The van der Waals surface area contributed by atoms with Gasteiger partial charge in [-0.2, -0.15) is 0 Å². The molecule has 3 aromatic rings. The molecule has 0 aliphatic rings. The van der Waals surface area contributed by atoms with Crippen molar-refractivity contribution in [3.63, 3.8) is 0 Å². The molecule has 0 atom stereocenters. The van der Waals surface area contributed by atoms with E-state index in [9.17, 15) is 4.79 Å². The lowest BCUT2D eigenvalue weighted by atomic mass is 10.1. The minimum Gasteiger partial charge on any atom is -0.365 e. The summed E-state index contributed by atoms with van der Waals surface area (Å²) >= 11 is 6.07. The third-order valence-electron chi connectivity index (χ3n) is 3.92. The summed E-state index contributed by atoms with van der Waals surface area (Å²) in [6.45, 7) is 4.60. The molecule has 2 N–H and O–H groups in total. The van der Waals surface area contributed by atoms with Crippen molar-refractivity contribution in [3.8, 4) is 0 Å². The maximum atomic E-state index is 12.3. The Morgan fingerprint density at radius 1 is 1.00 bits per heavy atom. The van der Waals surface area contributed by atoms with Crippen LogP contribution in [0.25, 0.3) is 0 Å². The van der Waals surface area contributed by atoms with Gasteiger partial charge in [0.1, 0.15) is 5.82 Å². The van der Waals surface area contributed by atoms with Crippen molar-refractivity contribution in [3.05, 3.63) is 82.0 Å². The van der Waals surface area contributed by atoms with E-state index >= 15 is 0 Å². The Morgan fingerprint density at radius 3 is 2.42 bits per heavy atom. The normalized spacial score (nSPS) is 10.4. The molecule has 0 spiro atoms. The maximum Gasteiger partial charge on any atom is 0.276 e. The van der Waals surface area contributed by atoms with Crippen LogP contribution in [0.1, 0.15) is 27.2 Å². The number of rotatable bonds is 5. The van der Waals surface area contributed by atoms with E-state index in [1.54, 1.807) is 24.3 Å². The van der Waals surface area contributed by atoms with E-state index in [2.05, 4.69) is 52.0 Å². The number of anilines is 2. The van der Waals surface area contributed by atoms with Crippen LogP contribution in [-0.2, 0) is 6.54 Å². The van der Waals surface area contributed by atoms with Gasteiger partial charge < -0.3 is 10.6 Å². The van der Waals surface area contributed by atoms with Crippen LogP contribution in [0.5, 0.6) is 0 Å². The van der Waals surface area contributed by atoms with Crippen LogP contribution >= 0.6 is 11.6 Å². The Kier molecular flexibility index (Phi) is 5.49. The Hall–Kier alpha value is -2.92. The number of nitrogens with one attached hydrogen (secondary N) is 2. The maximum absolute atomic E-state index is 12.3. The molecule has 0 unspecified atom stereocenters. The van der Waals surface area contributed by atoms with Gasteiger partial charge in [0.15, 0.2) is 5.69 Å². The fraction of sp³-hybridized carbons (Fsp3) is 0.150. The molecule has 132 valence electrons. The van der Waals surface area contributed by atoms with Gasteiger partial charge in [0.25, 0.3) is 5.91 Å². The zero-order chi connectivity index (χ0) is 18.5. The van der Waals surface area contributed by atoms with Gasteiger partial charge in [0.2, 0.25) is 0 Å². The lowest BCUT2D eigenvalue weighted by Crippen LogP contribution is -2.15. The van der Waals surface area contributed by atoms with Crippen LogP contribution in [0.15, 0.2) is 54.6 Å². The zero-order valence-corrected chi connectivity index (χ0v) is 15.3. The third-order valence-corrected chi connectivity index (χ3v) is 4.33. The molecule has 1 amide bonds. The summed E-state index contributed by atoms with van der Waals surface area (Å²) in [6, 6.07) is 17.0. The summed E-state index contributed by atoms with van der Waals surface area (Å²) in [4.78, 5) is 12.3. The van der Waals surface area contributed by atoms with E-state index in [4.69, 9.17) is 11.6 Å². The van der Waals surface area contributed by atoms with Crippen LogP contribution < -0.4 is 10.6 Å². The number of carbonyl (C=O) groups excluding carboxylic acids is 1. The molecule has 0 fully saturated rings. The average Bonchev–Trinajstić information content (AvgIpc) is 2.65. The molecule has 1 aromatic heterocycles. The highest BCUT2D eigenvalue weighted by atomic mass is 35.5. The molecule has 0 saturated carbocycles. The van der Waals surface area contributed by atoms with Crippen molar-refractivity contribution < 1.29 is 4.79 Å². The first-order valence-electron chi connectivity index (χ1n) is 8.22. The Bertz CT molecular complexity index is 908. The minimum absolute atomic E-state index is 0.239. The van der Waals surface area contributed by atoms with E-state index in [1.165, 1.54) is 5.56 Å². The van der Waals surface area contributed by atoms with Crippen molar-refractivity contribution >= 4 is 29.0 Å². The molecule has 0 aliphatic heterocycles. The summed E-state index contributed by atoms with van der Waals surface area (Å²) in [5, 5.41) is 14.6. The first-order valence-corrected chi connectivity index (χ1v) is 8.60. The Morgan fingerprint density at radius 2 is 1.77 bits per heavy atom. The average molecular weight is 367 g/mol. The SMILES string of the molecule is Cc1ccc(CNc2ccc(C(=O)Nc3ccc(C)c(Cl)c3)nn2)cc1. The molecule has 0 bridgehead atoms. The van der Waals surface area contributed by atoms with Crippen molar-refractivity contribution in [1.82, 2.24) is 10.2 Å². The minimum atomic E-state index is -0.331. The van der Waals surface area contributed by atoms with Crippen molar-refractivity contribution in [2.45, 2.75) is 20.4 Å². The molecule has 5 nitrogen and oxygen atoms in total. The topological polar surface area (TPSA) is 66.9 Å². The number of benzene rings is 2. The van der Waals surface area contributed by atoms with Crippen molar-refractivity contribution in [2.24, 2.45) is 0 Å². The Balaban J connectivity index is 1.60. The van der Waals surface area contributed by atoms with Gasteiger partial charge in [-0.25, -0.2) is 0 Å². The Labute approximate surface area is 157 Å². The van der Waals surface area contributed by atoms with Gasteiger partial charge >= 0.3 is 0 Å². The number of halogens is 1. The number of hydrogen-bond acceptors (Lipinski definition) is 4. The number of carbonyl (C=O) groups is 1. The van der Waals surface area contributed by atoms with Gasteiger partial charge in [-0.15, -0.1) is 10.2 Å². The van der Waals surface area contributed by atoms with Gasteiger partial charge in [-0.1, -0.05) is 47.5 Å². The molecule has 26 heavy (non-hydrogen) atoms. The molecular weight excluding hydrogens is 348 g/mol. The first-order chi connectivity index (χ1) is 12.5. The summed E-state index contributed by atoms with van der Waals surface area (Å²) in [6.07, 6.45) is 0. The van der Waals surface area contributed by atoms with Crippen LogP contribution in [0, 0.1) is 13.8 Å². The number of aryl methyl sites for hydroxylation is 2. The fourth-order valence-corrected chi connectivity index (χ4v) is 2.49. The van der Waals surface area contributed by atoms with E-state index < -0.39 is 0 Å². The predicted molar refractivity (Wildman–Crippen MR) is 105 cm³/mol. The molecule has 3 rings (SSSR count). The molecular formula is C20H19ClN4O. The number of hydrogen-bond donors (Lipinski definition) is 2. The second-order valence-electron chi connectivity index (χ2n) is 6.06. The number of amides is 1. The molecule has 0 radical (unpaired) electrons. The lowest BCUT2D eigenvalue weighted by molar-refractivity contribution is 0.102. The van der Waals surface area contributed by atoms with E-state index in [0.717, 1.165) is 11.1 Å². The lowest BCUT2D eigenvalue weighted by Gasteiger charge is -2.08. The zero-order valence-electron chi connectivity index (χ0n) is 14.6. The highest BCUT2D eigenvalue weighted by Gasteiger charge is 2.09.